The van der Waals surface area contributed by atoms with Crippen molar-refractivity contribution in [1.82, 2.24) is 0 Å². The van der Waals surface area contributed by atoms with Gasteiger partial charge in [0.05, 0.1) is 10.4 Å². The van der Waals surface area contributed by atoms with Gasteiger partial charge >= 0.3 is 11.1 Å². The van der Waals surface area contributed by atoms with Crippen LogP contribution in [0.2, 0.25) is 5.02 Å². The Morgan fingerprint density at radius 3 is 2.56 bits per heavy atom. The fourth-order valence-corrected chi connectivity index (χ4v) is 3.15. The molecule has 0 saturated carbocycles. The number of aromatic hydroxyl groups is 1. The number of nitrogens with one attached hydrogen (secondary N) is 1. The van der Waals surface area contributed by atoms with Crippen molar-refractivity contribution in [3.05, 3.63) is 63.5 Å². The normalized spacial score (nSPS) is 11.6. The second-order valence-electron chi connectivity index (χ2n) is 5.26. The fourth-order valence-electron chi connectivity index (χ4n) is 2.31. The van der Waals surface area contributed by atoms with E-state index < -0.39 is 40.1 Å². The van der Waals surface area contributed by atoms with Crippen LogP contribution in [0.25, 0.3) is 11.0 Å². The number of hydrogen-bond acceptors (Lipinski definition) is 5. The van der Waals surface area contributed by atoms with Gasteiger partial charge in [-0.05, 0) is 42.1 Å². The zero-order valence-corrected chi connectivity index (χ0v) is 14.7. The van der Waals surface area contributed by atoms with E-state index in [0.717, 1.165) is 12.1 Å². The highest BCUT2D eigenvalue weighted by atomic mass is 35.5. The number of carbonyl (C=O) groups excluding carboxylic acids is 1. The Kier molecular flexibility index (Phi) is 5.07. The van der Waals surface area contributed by atoms with Gasteiger partial charge in [-0.1, -0.05) is 23.7 Å². The van der Waals surface area contributed by atoms with E-state index in [1.54, 1.807) is 12.1 Å². The van der Waals surface area contributed by atoms with Gasteiger partial charge in [0.25, 0.3) is 5.91 Å². The van der Waals surface area contributed by atoms with Crippen molar-refractivity contribution >= 4 is 45.9 Å². The van der Waals surface area contributed by atoms with Crippen LogP contribution >= 0.6 is 23.4 Å². The van der Waals surface area contributed by atoms with Crippen LogP contribution in [-0.4, -0.2) is 16.5 Å². The van der Waals surface area contributed by atoms with Gasteiger partial charge in [0.15, 0.2) is 5.56 Å². The molecule has 0 bridgehead atoms. The van der Waals surface area contributed by atoms with Crippen molar-refractivity contribution in [3.63, 3.8) is 0 Å². The third-order valence-electron chi connectivity index (χ3n) is 3.43. The second-order valence-corrected chi connectivity index (χ2v) is 6.77. The number of carbonyl (C=O) groups is 1. The Bertz CT molecular complexity index is 1100. The number of rotatable bonds is 3. The first-order chi connectivity index (χ1) is 12.7. The molecule has 1 aromatic heterocycles. The van der Waals surface area contributed by atoms with Crippen LogP contribution in [0.15, 0.2) is 56.6 Å². The minimum absolute atomic E-state index is 0.0449. The monoisotopic (exact) mass is 415 g/mol. The predicted molar refractivity (Wildman–Crippen MR) is 95.5 cm³/mol. The van der Waals surface area contributed by atoms with Crippen LogP contribution in [-0.2, 0) is 0 Å². The zero-order chi connectivity index (χ0) is 19.8. The highest BCUT2D eigenvalue weighted by Crippen LogP contribution is 2.41. The Morgan fingerprint density at radius 1 is 1.19 bits per heavy atom. The number of amides is 1. The zero-order valence-electron chi connectivity index (χ0n) is 13.1. The summed E-state index contributed by atoms with van der Waals surface area (Å²) in [6, 6.07) is 9.47. The van der Waals surface area contributed by atoms with Crippen LogP contribution < -0.4 is 10.9 Å². The Balaban J connectivity index is 1.91. The summed E-state index contributed by atoms with van der Waals surface area (Å²) in [5, 5.41) is 12.5. The number of benzene rings is 2. The molecule has 10 heteroatoms. The molecule has 0 aliphatic carbocycles. The highest BCUT2D eigenvalue weighted by Gasteiger charge is 2.30. The molecule has 1 heterocycles. The minimum Gasteiger partial charge on any atom is -0.506 e. The molecule has 5 nitrogen and oxygen atoms in total. The number of anilines is 1. The lowest BCUT2D eigenvalue weighted by atomic mass is 10.1. The van der Waals surface area contributed by atoms with Gasteiger partial charge in [-0.25, -0.2) is 4.79 Å². The molecule has 2 aromatic carbocycles. The summed E-state index contributed by atoms with van der Waals surface area (Å²) in [6.45, 7) is 0. The van der Waals surface area contributed by atoms with Gasteiger partial charge in [-0.3, -0.25) is 4.79 Å². The van der Waals surface area contributed by atoms with Crippen molar-refractivity contribution < 1.29 is 27.5 Å². The van der Waals surface area contributed by atoms with Gasteiger partial charge < -0.3 is 14.8 Å². The van der Waals surface area contributed by atoms with Crippen molar-refractivity contribution in [2.24, 2.45) is 0 Å². The van der Waals surface area contributed by atoms with E-state index in [4.69, 9.17) is 16.0 Å². The van der Waals surface area contributed by atoms with E-state index in [1.807, 2.05) is 0 Å². The molecule has 3 aromatic rings. The summed E-state index contributed by atoms with van der Waals surface area (Å²) in [5.74, 6) is -1.55. The molecule has 0 spiro atoms. The van der Waals surface area contributed by atoms with Crippen LogP contribution in [0.4, 0.5) is 18.9 Å². The summed E-state index contributed by atoms with van der Waals surface area (Å²) in [7, 11) is 0. The third kappa shape index (κ3) is 4.20. The quantitative estimate of drug-likeness (QED) is 0.464. The van der Waals surface area contributed by atoms with E-state index in [0.29, 0.717) is 0 Å². The average molecular weight is 416 g/mol. The van der Waals surface area contributed by atoms with Crippen LogP contribution in [0.3, 0.4) is 0 Å². The largest absolute Gasteiger partial charge is 0.506 e. The maximum Gasteiger partial charge on any atom is 0.446 e. The molecule has 0 unspecified atom stereocenters. The van der Waals surface area contributed by atoms with E-state index in [2.05, 4.69) is 5.32 Å². The van der Waals surface area contributed by atoms with Crippen molar-refractivity contribution in [2.45, 2.75) is 10.4 Å². The van der Waals surface area contributed by atoms with Gasteiger partial charge in [-0.15, -0.1) is 0 Å². The molecule has 0 atom stereocenters. The second kappa shape index (κ2) is 7.16. The lowest BCUT2D eigenvalue weighted by Crippen LogP contribution is -2.21. The van der Waals surface area contributed by atoms with E-state index in [9.17, 15) is 27.9 Å². The van der Waals surface area contributed by atoms with E-state index in [-0.39, 0.29) is 26.6 Å². The summed E-state index contributed by atoms with van der Waals surface area (Å²) < 4.78 is 42.3. The number of alkyl halides is 3. The van der Waals surface area contributed by atoms with Gasteiger partial charge in [0.2, 0.25) is 0 Å². The molecule has 1 amide bonds. The summed E-state index contributed by atoms with van der Waals surface area (Å²) in [5.41, 5.74) is -6.04. The van der Waals surface area contributed by atoms with Crippen LogP contribution in [0, 0.1) is 0 Å². The first kappa shape index (κ1) is 19.1. The number of thioether (sulfide) groups is 1. The van der Waals surface area contributed by atoms with Gasteiger partial charge in [0, 0.05) is 10.6 Å². The number of hydrogen-bond donors (Lipinski definition) is 2. The molecule has 0 aliphatic heterocycles. The molecule has 0 radical (unpaired) electrons. The van der Waals surface area contributed by atoms with Gasteiger partial charge in [0.1, 0.15) is 11.3 Å². The molecule has 0 fully saturated rings. The molecule has 27 heavy (non-hydrogen) atoms. The number of fused-ring (bicyclic) bond motifs is 1. The van der Waals surface area contributed by atoms with E-state index >= 15 is 0 Å². The van der Waals surface area contributed by atoms with Crippen LogP contribution in [0.5, 0.6) is 5.75 Å². The average Bonchev–Trinajstić information content (AvgIpc) is 2.56. The maximum atomic E-state index is 12.4. The first-order valence-corrected chi connectivity index (χ1v) is 8.46. The molecular formula is C17H9ClF3NO4S. The lowest BCUT2D eigenvalue weighted by molar-refractivity contribution is -0.0328. The number of para-hydroxylation sites is 1. The minimum atomic E-state index is -4.51. The SMILES string of the molecule is O=C(Nc1ccc(SC(F)(F)F)c(Cl)c1)c1c(O)c2ccccc2oc1=O. The summed E-state index contributed by atoms with van der Waals surface area (Å²) >= 11 is 5.41. The van der Waals surface area contributed by atoms with Crippen molar-refractivity contribution in [2.75, 3.05) is 5.32 Å². The van der Waals surface area contributed by atoms with Crippen LogP contribution in [0.1, 0.15) is 10.4 Å². The standard InChI is InChI=1S/C17H9ClF3NO4S/c18-10-7-8(5-6-12(10)27-17(19,20)21)22-15(24)13-14(23)9-3-1-2-4-11(9)26-16(13)25/h1-7,23H,(H,22,24). The number of halogens is 4. The summed E-state index contributed by atoms with van der Waals surface area (Å²) in [4.78, 5) is 24.1. The van der Waals surface area contributed by atoms with E-state index in [1.165, 1.54) is 18.2 Å². The molecule has 3 rings (SSSR count). The smallest absolute Gasteiger partial charge is 0.446 e. The topological polar surface area (TPSA) is 79.5 Å². The molecule has 0 aliphatic rings. The highest BCUT2D eigenvalue weighted by molar-refractivity contribution is 8.00. The Hall–Kier alpha value is -2.65. The third-order valence-corrected chi connectivity index (χ3v) is 4.66. The lowest BCUT2D eigenvalue weighted by Gasteiger charge is -2.10. The first-order valence-electron chi connectivity index (χ1n) is 7.27. The Labute approximate surface area is 158 Å². The molecule has 0 saturated heterocycles. The summed E-state index contributed by atoms with van der Waals surface area (Å²) in [6.07, 6.45) is 0. The fraction of sp³-hybridized carbons (Fsp3) is 0.0588. The van der Waals surface area contributed by atoms with Crippen molar-refractivity contribution in [1.29, 1.82) is 0 Å². The molecule has 2 N–H and O–H groups in total. The molecule has 140 valence electrons. The Morgan fingerprint density at radius 2 is 1.89 bits per heavy atom. The predicted octanol–water partition coefficient (Wildman–Crippen LogP) is 5.02. The van der Waals surface area contributed by atoms with Gasteiger partial charge in [-0.2, -0.15) is 13.2 Å². The molecular weight excluding hydrogens is 407 g/mol. The van der Waals surface area contributed by atoms with Crippen molar-refractivity contribution in [3.8, 4) is 5.75 Å². The maximum absolute atomic E-state index is 12.4.